The maximum absolute atomic E-state index is 13.9. The van der Waals surface area contributed by atoms with Gasteiger partial charge in [0.05, 0.1) is 10.9 Å². The maximum atomic E-state index is 13.9. The van der Waals surface area contributed by atoms with Crippen molar-refractivity contribution < 1.29 is 18.7 Å². The van der Waals surface area contributed by atoms with Crippen LogP contribution in [0.3, 0.4) is 0 Å². The van der Waals surface area contributed by atoms with Crippen LogP contribution >= 0.6 is 0 Å². The molecule has 1 N–H and O–H groups in total. The summed E-state index contributed by atoms with van der Waals surface area (Å²) < 4.78 is 19.7. The van der Waals surface area contributed by atoms with E-state index in [0.717, 1.165) is 51.6 Å². The summed E-state index contributed by atoms with van der Waals surface area (Å²) in [4.78, 5) is 37.5. The summed E-state index contributed by atoms with van der Waals surface area (Å²) in [7, 11) is 0. The third-order valence-electron chi connectivity index (χ3n) is 8.44. The van der Waals surface area contributed by atoms with Crippen molar-refractivity contribution in [2.75, 3.05) is 11.9 Å². The highest BCUT2D eigenvalue weighted by Crippen LogP contribution is 2.47. The predicted octanol–water partition coefficient (Wildman–Crippen LogP) is 4.86. The van der Waals surface area contributed by atoms with Crippen molar-refractivity contribution in [1.82, 2.24) is 14.9 Å². The highest BCUT2D eigenvalue weighted by molar-refractivity contribution is 6.06. The number of fused-ring (bicyclic) bond motifs is 4. The van der Waals surface area contributed by atoms with Crippen LogP contribution in [0, 0.1) is 5.82 Å². The van der Waals surface area contributed by atoms with Crippen molar-refractivity contribution in [1.29, 1.82) is 0 Å². The van der Waals surface area contributed by atoms with E-state index in [1.54, 1.807) is 23.4 Å². The minimum atomic E-state index is -0.639. The highest BCUT2D eigenvalue weighted by Gasteiger charge is 2.51. The van der Waals surface area contributed by atoms with Gasteiger partial charge in [0.2, 0.25) is 5.91 Å². The Morgan fingerprint density at radius 1 is 1.02 bits per heavy atom. The SMILES string of the molecule is O=C(C1CCCCO1)N(Cc1cccc(F)c1)Cc1cnc2cc3c(cc2c1)C[C@@]1(C3)C(=O)Nc2ncccc21. The summed E-state index contributed by atoms with van der Waals surface area (Å²) in [6.07, 6.45) is 6.83. The average molecular weight is 537 g/mol. The molecule has 2 aromatic carbocycles. The Morgan fingerprint density at radius 2 is 1.88 bits per heavy atom. The van der Waals surface area contributed by atoms with E-state index >= 15 is 0 Å². The molecule has 2 amide bonds. The second-order valence-corrected chi connectivity index (χ2v) is 11.1. The molecule has 2 atom stereocenters. The largest absolute Gasteiger partial charge is 0.368 e. The number of aromatic nitrogens is 2. The zero-order valence-electron chi connectivity index (χ0n) is 22.0. The van der Waals surface area contributed by atoms with E-state index in [2.05, 4.69) is 28.5 Å². The quantitative estimate of drug-likeness (QED) is 0.394. The standard InChI is InChI=1S/C32H29FN4O3/c33-25-6-3-5-20(12-25)18-37(30(38)28-8-1-2-10-40-28)19-21-11-22-13-23-15-32(16-24(23)14-27(22)35-17-21)26-7-4-9-34-29(26)36-31(32)39/h3-7,9,11-14,17,28H,1-2,8,10,15-16,18-19H2,(H,34,36,39)/t28?,32-/m0/s1. The van der Waals surface area contributed by atoms with Gasteiger partial charge in [-0.15, -0.1) is 0 Å². The van der Waals surface area contributed by atoms with Gasteiger partial charge in [-0.3, -0.25) is 14.6 Å². The summed E-state index contributed by atoms with van der Waals surface area (Å²) in [6, 6.07) is 16.5. The molecule has 0 radical (unpaired) electrons. The number of hydrogen-bond acceptors (Lipinski definition) is 5. The van der Waals surface area contributed by atoms with Crippen molar-refractivity contribution in [3.63, 3.8) is 0 Å². The predicted molar refractivity (Wildman–Crippen MR) is 148 cm³/mol. The molecule has 4 aromatic rings. The Morgan fingerprint density at radius 3 is 2.70 bits per heavy atom. The van der Waals surface area contributed by atoms with Gasteiger partial charge < -0.3 is 15.0 Å². The molecule has 1 fully saturated rings. The Labute approximate surface area is 231 Å². The Hall–Kier alpha value is -4.17. The molecular formula is C32H29FN4O3. The van der Waals surface area contributed by atoms with Crippen molar-refractivity contribution >= 4 is 28.5 Å². The molecule has 8 heteroatoms. The molecular weight excluding hydrogens is 507 g/mol. The van der Waals surface area contributed by atoms with Crippen LogP contribution in [0.5, 0.6) is 0 Å². The third-order valence-corrected chi connectivity index (χ3v) is 8.44. The molecule has 1 aliphatic carbocycles. The Balaban J connectivity index is 1.18. The van der Waals surface area contributed by atoms with Crippen molar-refractivity contribution in [2.45, 2.75) is 56.7 Å². The smallest absolute Gasteiger partial charge is 0.252 e. The van der Waals surface area contributed by atoms with Crippen LogP contribution in [0.2, 0.25) is 0 Å². The van der Waals surface area contributed by atoms with E-state index in [9.17, 15) is 14.0 Å². The zero-order chi connectivity index (χ0) is 27.3. The lowest BCUT2D eigenvalue weighted by atomic mass is 9.79. The van der Waals surface area contributed by atoms with Gasteiger partial charge >= 0.3 is 0 Å². The minimum absolute atomic E-state index is 0.00783. The molecule has 202 valence electrons. The summed E-state index contributed by atoms with van der Waals surface area (Å²) >= 11 is 0. The molecule has 4 heterocycles. The topological polar surface area (TPSA) is 84.4 Å². The number of nitrogens with zero attached hydrogens (tertiary/aromatic N) is 3. The van der Waals surface area contributed by atoms with Crippen LogP contribution in [-0.2, 0) is 45.7 Å². The number of halogens is 1. The van der Waals surface area contributed by atoms with E-state index < -0.39 is 11.5 Å². The van der Waals surface area contributed by atoms with Gasteiger partial charge in [-0.1, -0.05) is 18.2 Å². The number of rotatable bonds is 5. The maximum Gasteiger partial charge on any atom is 0.252 e. The van der Waals surface area contributed by atoms with Crippen LogP contribution in [0.1, 0.15) is 47.1 Å². The van der Waals surface area contributed by atoms with Gasteiger partial charge in [0, 0.05) is 43.0 Å². The lowest BCUT2D eigenvalue weighted by Gasteiger charge is -2.29. The molecule has 7 nitrogen and oxygen atoms in total. The first-order valence-corrected chi connectivity index (χ1v) is 13.8. The molecule has 0 saturated carbocycles. The van der Waals surface area contributed by atoms with E-state index in [4.69, 9.17) is 9.72 Å². The summed E-state index contributed by atoms with van der Waals surface area (Å²) in [5.41, 5.74) is 5.02. The minimum Gasteiger partial charge on any atom is -0.368 e. The first-order valence-electron chi connectivity index (χ1n) is 13.8. The van der Waals surface area contributed by atoms with Gasteiger partial charge in [0.25, 0.3) is 5.91 Å². The number of amides is 2. The van der Waals surface area contributed by atoms with E-state index in [1.807, 2.05) is 18.2 Å². The number of anilines is 1. The van der Waals surface area contributed by atoms with Crippen LogP contribution in [0.4, 0.5) is 10.2 Å². The van der Waals surface area contributed by atoms with Crippen molar-refractivity contribution in [2.24, 2.45) is 0 Å². The fourth-order valence-electron chi connectivity index (χ4n) is 6.46. The summed E-state index contributed by atoms with van der Waals surface area (Å²) in [5.74, 6) is 0.230. The fourth-order valence-corrected chi connectivity index (χ4v) is 6.46. The molecule has 1 saturated heterocycles. The van der Waals surface area contributed by atoms with E-state index in [-0.39, 0.29) is 24.2 Å². The molecule has 2 aromatic heterocycles. The Kier molecular flexibility index (Phi) is 6.08. The highest BCUT2D eigenvalue weighted by atomic mass is 19.1. The van der Waals surface area contributed by atoms with E-state index in [0.29, 0.717) is 38.2 Å². The lowest BCUT2D eigenvalue weighted by molar-refractivity contribution is -0.147. The number of carbonyl (C=O) groups is 2. The normalized spacial score (nSPS) is 21.3. The van der Waals surface area contributed by atoms with Gasteiger partial charge in [-0.2, -0.15) is 0 Å². The van der Waals surface area contributed by atoms with Crippen LogP contribution in [0.15, 0.2) is 67.0 Å². The van der Waals surface area contributed by atoms with Gasteiger partial charge in [0.15, 0.2) is 0 Å². The Bertz CT molecular complexity index is 1650. The zero-order valence-corrected chi connectivity index (χ0v) is 22.0. The average Bonchev–Trinajstić information content (AvgIpc) is 3.47. The monoisotopic (exact) mass is 536 g/mol. The molecule has 1 spiro atoms. The van der Waals surface area contributed by atoms with Crippen LogP contribution in [-0.4, -0.2) is 39.4 Å². The third kappa shape index (κ3) is 4.32. The number of pyridine rings is 2. The first kappa shape index (κ1) is 24.8. The fraction of sp³-hybridized carbons (Fsp3) is 0.312. The summed E-state index contributed by atoms with van der Waals surface area (Å²) in [5, 5.41) is 3.92. The second kappa shape index (κ2) is 9.78. The number of carbonyl (C=O) groups excluding carboxylic acids is 2. The number of benzene rings is 2. The molecule has 0 bridgehead atoms. The number of nitrogens with one attached hydrogen (secondary N) is 1. The number of hydrogen-bond donors (Lipinski definition) is 1. The second-order valence-electron chi connectivity index (χ2n) is 11.1. The first-order chi connectivity index (χ1) is 19.5. The van der Waals surface area contributed by atoms with Gasteiger partial charge in [-0.05, 0) is 90.8 Å². The van der Waals surface area contributed by atoms with Crippen molar-refractivity contribution in [3.05, 3.63) is 101 Å². The molecule has 3 aliphatic rings. The lowest BCUT2D eigenvalue weighted by Crippen LogP contribution is -2.41. The van der Waals surface area contributed by atoms with Crippen LogP contribution < -0.4 is 5.32 Å². The number of ether oxygens (including phenoxy) is 1. The van der Waals surface area contributed by atoms with Crippen LogP contribution in [0.25, 0.3) is 10.9 Å². The van der Waals surface area contributed by atoms with Gasteiger partial charge in [-0.25, -0.2) is 9.37 Å². The molecule has 1 unspecified atom stereocenters. The van der Waals surface area contributed by atoms with E-state index in [1.165, 1.54) is 12.1 Å². The summed E-state index contributed by atoms with van der Waals surface area (Å²) in [6.45, 7) is 1.19. The molecule has 7 rings (SSSR count). The molecule has 2 aliphatic heterocycles. The molecule has 40 heavy (non-hydrogen) atoms. The van der Waals surface area contributed by atoms with Gasteiger partial charge in [0.1, 0.15) is 17.7 Å². The van der Waals surface area contributed by atoms with Crippen molar-refractivity contribution in [3.8, 4) is 0 Å².